The Morgan fingerprint density at radius 2 is 2.00 bits per heavy atom. The van der Waals surface area contributed by atoms with Crippen LogP contribution in [0.3, 0.4) is 0 Å². The molecule has 7 heteroatoms. The highest BCUT2D eigenvalue weighted by molar-refractivity contribution is 5.84. The van der Waals surface area contributed by atoms with Crippen LogP contribution in [0, 0.1) is 6.92 Å². The van der Waals surface area contributed by atoms with E-state index in [9.17, 15) is 4.79 Å². The monoisotopic (exact) mass is 352 g/mol. The van der Waals surface area contributed by atoms with Crippen LogP contribution in [0.15, 0.2) is 30.5 Å². The molecule has 1 atom stereocenters. The normalized spacial score (nSPS) is 17.5. The summed E-state index contributed by atoms with van der Waals surface area (Å²) in [6.07, 6.45) is 2.16. The van der Waals surface area contributed by atoms with Crippen LogP contribution in [-0.4, -0.2) is 55.7 Å². The fraction of sp³-hybridized carbons (Fsp3) is 0.421. The van der Waals surface area contributed by atoms with Crippen molar-refractivity contribution in [2.45, 2.75) is 26.1 Å². The van der Waals surface area contributed by atoms with Gasteiger partial charge in [0.2, 0.25) is 5.91 Å². The molecule has 0 N–H and O–H groups in total. The van der Waals surface area contributed by atoms with E-state index in [1.54, 1.807) is 19.0 Å². The summed E-state index contributed by atoms with van der Waals surface area (Å²) in [7, 11) is 5.64. The molecule has 0 saturated carbocycles. The van der Waals surface area contributed by atoms with Crippen LogP contribution in [0.25, 0.3) is 10.9 Å². The molecule has 136 valence electrons. The van der Waals surface area contributed by atoms with Crippen LogP contribution in [0.4, 0.5) is 0 Å². The van der Waals surface area contributed by atoms with E-state index in [1.807, 2.05) is 6.92 Å². The van der Waals surface area contributed by atoms with Crippen LogP contribution in [0.2, 0.25) is 0 Å². The maximum Gasteiger partial charge on any atom is 0.247 e. The Morgan fingerprint density at radius 3 is 2.77 bits per heavy atom. The van der Waals surface area contributed by atoms with Crippen molar-refractivity contribution in [2.24, 2.45) is 7.05 Å². The van der Waals surface area contributed by atoms with Crippen LogP contribution in [0.1, 0.15) is 23.3 Å². The molecule has 3 heterocycles. The fourth-order valence-corrected chi connectivity index (χ4v) is 3.85. The first-order chi connectivity index (χ1) is 12.5. The minimum Gasteiger partial charge on any atom is -0.350 e. The van der Waals surface area contributed by atoms with E-state index in [4.69, 9.17) is 0 Å². The van der Waals surface area contributed by atoms with E-state index in [0.717, 1.165) is 24.7 Å². The molecule has 26 heavy (non-hydrogen) atoms. The van der Waals surface area contributed by atoms with Crippen molar-refractivity contribution in [1.82, 2.24) is 29.1 Å². The van der Waals surface area contributed by atoms with Gasteiger partial charge >= 0.3 is 0 Å². The van der Waals surface area contributed by atoms with Crippen molar-refractivity contribution in [3.8, 4) is 0 Å². The van der Waals surface area contributed by atoms with E-state index in [2.05, 4.69) is 61.7 Å². The Bertz CT molecular complexity index is 970. The second-order valence-electron chi connectivity index (χ2n) is 7.15. The van der Waals surface area contributed by atoms with E-state index in [-0.39, 0.29) is 5.91 Å². The van der Waals surface area contributed by atoms with E-state index in [0.29, 0.717) is 6.54 Å². The molecule has 1 aliphatic rings. The van der Waals surface area contributed by atoms with Crippen molar-refractivity contribution >= 4 is 16.8 Å². The van der Waals surface area contributed by atoms with E-state index in [1.165, 1.54) is 16.5 Å². The average Bonchev–Trinajstić information content (AvgIpc) is 3.15. The number of benzene rings is 1. The van der Waals surface area contributed by atoms with Crippen molar-refractivity contribution in [3.63, 3.8) is 0 Å². The molecule has 0 radical (unpaired) electrons. The lowest BCUT2D eigenvalue weighted by atomic mass is 10.1. The van der Waals surface area contributed by atoms with Gasteiger partial charge in [-0.15, -0.1) is 10.2 Å². The zero-order valence-corrected chi connectivity index (χ0v) is 15.7. The third-order valence-corrected chi connectivity index (χ3v) is 5.21. The van der Waals surface area contributed by atoms with Gasteiger partial charge in [0, 0.05) is 57.9 Å². The van der Waals surface area contributed by atoms with Gasteiger partial charge < -0.3 is 14.0 Å². The number of aryl methyl sites for hydroxylation is 2. The lowest BCUT2D eigenvalue weighted by Gasteiger charge is -2.35. The molecule has 0 bridgehead atoms. The maximum atomic E-state index is 12.9. The molecule has 1 aliphatic heterocycles. The van der Waals surface area contributed by atoms with Gasteiger partial charge in [-0.1, -0.05) is 18.2 Å². The lowest BCUT2D eigenvalue weighted by molar-refractivity contribution is -0.136. The smallest absolute Gasteiger partial charge is 0.247 e. The van der Waals surface area contributed by atoms with E-state index >= 15 is 0 Å². The molecule has 1 unspecified atom stereocenters. The standard InChI is InChI=1S/C19H24N6O/c1-13-20-21-18-17(19(26)22(2)3)24(9-10-25(13)18)12-14-11-23(4)16-8-6-5-7-15(14)16/h5-8,11,17H,9-10,12H2,1-4H3. The molecule has 7 nitrogen and oxygen atoms in total. The minimum atomic E-state index is -0.404. The number of nitrogens with zero attached hydrogens (tertiary/aromatic N) is 6. The molecular weight excluding hydrogens is 328 g/mol. The Kier molecular flexibility index (Phi) is 4.03. The summed E-state index contributed by atoms with van der Waals surface area (Å²) in [6.45, 7) is 4.24. The molecule has 2 aromatic heterocycles. The third kappa shape index (κ3) is 2.59. The van der Waals surface area contributed by atoms with Crippen molar-refractivity contribution < 1.29 is 4.79 Å². The number of fused-ring (bicyclic) bond motifs is 2. The quantitative estimate of drug-likeness (QED) is 0.720. The van der Waals surface area contributed by atoms with Gasteiger partial charge in [0.25, 0.3) is 0 Å². The third-order valence-electron chi connectivity index (χ3n) is 5.21. The zero-order valence-electron chi connectivity index (χ0n) is 15.7. The molecule has 0 spiro atoms. The number of hydrogen-bond acceptors (Lipinski definition) is 4. The van der Waals surface area contributed by atoms with Gasteiger partial charge in [-0.25, -0.2) is 0 Å². The number of hydrogen-bond donors (Lipinski definition) is 0. The summed E-state index contributed by atoms with van der Waals surface area (Å²) in [5, 5.41) is 9.75. The topological polar surface area (TPSA) is 59.2 Å². The summed E-state index contributed by atoms with van der Waals surface area (Å²) < 4.78 is 4.20. The molecule has 0 fully saturated rings. The first-order valence-corrected chi connectivity index (χ1v) is 8.85. The summed E-state index contributed by atoms with van der Waals surface area (Å²) in [5.74, 6) is 1.65. The average molecular weight is 352 g/mol. The molecule has 3 aromatic rings. The van der Waals surface area contributed by atoms with Gasteiger partial charge in [-0.05, 0) is 18.6 Å². The Labute approximate surface area is 152 Å². The van der Waals surface area contributed by atoms with Gasteiger partial charge in [0.15, 0.2) is 11.9 Å². The highest BCUT2D eigenvalue weighted by Gasteiger charge is 2.37. The molecular formula is C19H24N6O. The second-order valence-corrected chi connectivity index (χ2v) is 7.15. The Hall–Kier alpha value is -2.67. The van der Waals surface area contributed by atoms with Gasteiger partial charge in [0.05, 0.1) is 0 Å². The summed E-state index contributed by atoms with van der Waals surface area (Å²) in [6, 6.07) is 7.97. The predicted molar refractivity (Wildman–Crippen MR) is 99.5 cm³/mol. The SMILES string of the molecule is Cc1nnc2n1CCN(Cc1cn(C)c3ccccc13)C2C(=O)N(C)C. The number of aromatic nitrogens is 4. The Balaban J connectivity index is 1.73. The fourth-order valence-electron chi connectivity index (χ4n) is 3.85. The summed E-state index contributed by atoms with van der Waals surface area (Å²) in [4.78, 5) is 16.8. The summed E-state index contributed by atoms with van der Waals surface area (Å²) in [5.41, 5.74) is 2.43. The largest absolute Gasteiger partial charge is 0.350 e. The molecule has 0 saturated heterocycles. The minimum absolute atomic E-state index is 0.0404. The number of likely N-dealkylation sites (N-methyl/N-ethyl adjacent to an activating group) is 1. The first-order valence-electron chi connectivity index (χ1n) is 8.85. The maximum absolute atomic E-state index is 12.9. The number of rotatable bonds is 3. The first kappa shape index (κ1) is 16.8. The lowest BCUT2D eigenvalue weighted by Crippen LogP contribution is -2.45. The van der Waals surface area contributed by atoms with Crippen molar-refractivity contribution in [3.05, 3.63) is 47.7 Å². The molecule has 1 amide bonds. The summed E-state index contributed by atoms with van der Waals surface area (Å²) >= 11 is 0. The molecule has 0 aliphatic carbocycles. The van der Waals surface area contributed by atoms with Gasteiger partial charge in [-0.2, -0.15) is 0 Å². The second kappa shape index (κ2) is 6.25. The number of carbonyl (C=O) groups excluding carboxylic acids is 1. The Morgan fingerprint density at radius 1 is 1.23 bits per heavy atom. The van der Waals surface area contributed by atoms with Gasteiger partial charge in [-0.3, -0.25) is 9.69 Å². The highest BCUT2D eigenvalue weighted by Crippen LogP contribution is 2.30. The van der Waals surface area contributed by atoms with Crippen LogP contribution >= 0.6 is 0 Å². The van der Waals surface area contributed by atoms with Crippen LogP contribution in [-0.2, 0) is 24.9 Å². The predicted octanol–water partition coefficient (Wildman–Crippen LogP) is 1.72. The van der Waals surface area contributed by atoms with Crippen LogP contribution in [0.5, 0.6) is 0 Å². The van der Waals surface area contributed by atoms with E-state index < -0.39 is 6.04 Å². The number of para-hydroxylation sites is 1. The van der Waals surface area contributed by atoms with Crippen molar-refractivity contribution in [1.29, 1.82) is 0 Å². The van der Waals surface area contributed by atoms with Gasteiger partial charge in [0.1, 0.15) is 5.82 Å². The number of amides is 1. The number of carbonyl (C=O) groups is 1. The zero-order chi connectivity index (χ0) is 18.4. The van der Waals surface area contributed by atoms with Crippen molar-refractivity contribution in [2.75, 3.05) is 20.6 Å². The van der Waals surface area contributed by atoms with Crippen LogP contribution < -0.4 is 0 Å². The highest BCUT2D eigenvalue weighted by atomic mass is 16.2. The molecule has 1 aromatic carbocycles. The molecule has 4 rings (SSSR count).